The highest BCUT2D eigenvalue weighted by Gasteiger charge is 2.18. The Bertz CT molecular complexity index is 657. The van der Waals surface area contributed by atoms with Crippen molar-refractivity contribution in [3.05, 3.63) is 34.3 Å². The van der Waals surface area contributed by atoms with Gasteiger partial charge < -0.3 is 15.3 Å². The van der Waals surface area contributed by atoms with Crippen molar-refractivity contribution in [3.63, 3.8) is 0 Å². The van der Waals surface area contributed by atoms with Gasteiger partial charge >= 0.3 is 5.97 Å². The summed E-state index contributed by atoms with van der Waals surface area (Å²) in [5.41, 5.74) is 1.07. The first-order valence-corrected chi connectivity index (χ1v) is 6.96. The largest absolute Gasteiger partial charge is 0.477 e. The smallest absolute Gasteiger partial charge is 0.348 e. The van der Waals surface area contributed by atoms with Gasteiger partial charge in [-0.2, -0.15) is 0 Å². The monoisotopic (exact) mass is 306 g/mol. The van der Waals surface area contributed by atoms with E-state index in [0.29, 0.717) is 11.6 Å². The number of carbonyl (C=O) groups excluding carboxylic acids is 1. The number of amides is 1. The molecule has 0 unspecified atom stereocenters. The second-order valence-corrected chi connectivity index (χ2v) is 5.26. The van der Waals surface area contributed by atoms with Crippen LogP contribution in [0.2, 0.25) is 0 Å². The number of likely N-dealkylation sites (N-methyl/N-ethyl adjacent to an activating group) is 1. The van der Waals surface area contributed by atoms with Crippen molar-refractivity contribution in [2.45, 2.75) is 6.92 Å². The minimum atomic E-state index is -1.05. The Labute approximate surface area is 125 Å². The fourth-order valence-corrected chi connectivity index (χ4v) is 2.55. The average Bonchev–Trinajstić information content (AvgIpc) is 2.81. The zero-order chi connectivity index (χ0) is 15.4. The quantitative estimate of drug-likeness (QED) is 0.871. The minimum absolute atomic E-state index is 0.0261. The Balaban J connectivity index is 2.06. The Morgan fingerprint density at radius 1 is 1.38 bits per heavy atom. The van der Waals surface area contributed by atoms with Crippen LogP contribution < -0.4 is 10.2 Å². The summed E-state index contributed by atoms with van der Waals surface area (Å²) in [6.07, 6.45) is 3.17. The van der Waals surface area contributed by atoms with Gasteiger partial charge in [0.05, 0.1) is 12.2 Å². The second kappa shape index (κ2) is 6.31. The van der Waals surface area contributed by atoms with Crippen LogP contribution in [-0.4, -0.2) is 40.5 Å². The van der Waals surface area contributed by atoms with Crippen molar-refractivity contribution >= 4 is 34.8 Å². The summed E-state index contributed by atoms with van der Waals surface area (Å²) in [6.45, 7) is 1.78. The molecule has 0 bridgehead atoms. The third-order valence-electron chi connectivity index (χ3n) is 2.71. The summed E-state index contributed by atoms with van der Waals surface area (Å²) in [4.78, 5) is 32.9. The third kappa shape index (κ3) is 3.54. The van der Waals surface area contributed by atoms with Crippen LogP contribution in [-0.2, 0) is 4.79 Å². The van der Waals surface area contributed by atoms with E-state index in [0.717, 1.165) is 16.9 Å². The van der Waals surface area contributed by atoms with Gasteiger partial charge in [0, 0.05) is 19.4 Å². The van der Waals surface area contributed by atoms with Crippen LogP contribution in [0.15, 0.2) is 23.8 Å². The molecule has 21 heavy (non-hydrogen) atoms. The molecule has 0 spiro atoms. The maximum absolute atomic E-state index is 12.0. The van der Waals surface area contributed by atoms with Gasteiger partial charge in [-0.05, 0) is 23.9 Å². The van der Waals surface area contributed by atoms with Gasteiger partial charge in [0.15, 0.2) is 0 Å². The highest BCUT2D eigenvalue weighted by Crippen LogP contribution is 2.27. The van der Waals surface area contributed by atoms with E-state index in [9.17, 15) is 9.59 Å². The average molecular weight is 306 g/mol. The van der Waals surface area contributed by atoms with E-state index in [1.54, 1.807) is 42.7 Å². The lowest BCUT2D eigenvalue weighted by Gasteiger charge is -2.16. The molecule has 0 atom stereocenters. The summed E-state index contributed by atoms with van der Waals surface area (Å²) in [6, 6.07) is 1.69. The molecule has 0 aliphatic carbocycles. The molecule has 1 amide bonds. The Morgan fingerprint density at radius 3 is 2.67 bits per heavy atom. The van der Waals surface area contributed by atoms with E-state index in [-0.39, 0.29) is 17.3 Å². The van der Waals surface area contributed by atoms with Crippen molar-refractivity contribution < 1.29 is 14.7 Å². The normalized spacial score (nSPS) is 10.2. The summed E-state index contributed by atoms with van der Waals surface area (Å²) in [7, 11) is 1.69. The fraction of sp³-hybridized carbons (Fsp3) is 0.231. The molecule has 2 rings (SSSR count). The lowest BCUT2D eigenvalue weighted by molar-refractivity contribution is -0.114. The molecule has 2 aromatic rings. The number of nitrogens with zero attached hydrogens (tertiary/aromatic N) is 3. The number of rotatable bonds is 5. The fourth-order valence-electron chi connectivity index (χ4n) is 1.71. The number of carboxylic acid groups (broad SMARTS) is 1. The van der Waals surface area contributed by atoms with Crippen molar-refractivity contribution in [2.75, 3.05) is 23.8 Å². The molecule has 8 heteroatoms. The van der Waals surface area contributed by atoms with Crippen molar-refractivity contribution in [1.82, 2.24) is 9.97 Å². The van der Waals surface area contributed by atoms with E-state index >= 15 is 0 Å². The number of aryl methyl sites for hydroxylation is 1. The number of carbonyl (C=O) groups is 2. The molecule has 0 radical (unpaired) electrons. The number of nitrogens with one attached hydrogen (secondary N) is 1. The third-order valence-corrected chi connectivity index (χ3v) is 3.79. The van der Waals surface area contributed by atoms with E-state index in [1.165, 1.54) is 0 Å². The zero-order valence-electron chi connectivity index (χ0n) is 11.5. The lowest BCUT2D eigenvalue weighted by atomic mass is 10.2. The topological polar surface area (TPSA) is 95.4 Å². The Kier molecular flexibility index (Phi) is 4.49. The van der Waals surface area contributed by atoms with Crippen molar-refractivity contribution in [1.29, 1.82) is 0 Å². The maximum Gasteiger partial charge on any atom is 0.348 e. The summed E-state index contributed by atoms with van der Waals surface area (Å²) in [5.74, 6) is -0.953. The molecular weight excluding hydrogens is 292 g/mol. The Morgan fingerprint density at radius 2 is 2.05 bits per heavy atom. The standard InChI is InChI=1S/C13H14N4O3S/c1-8-7-21-11(12(19)20)10(8)16-9(18)6-17(2)13-14-4-3-5-15-13/h3-5,7H,6H2,1-2H3,(H,16,18)(H,19,20). The molecule has 0 saturated carbocycles. The van der Waals surface area contributed by atoms with Crippen LogP contribution in [0.5, 0.6) is 0 Å². The summed E-state index contributed by atoms with van der Waals surface area (Å²) < 4.78 is 0. The van der Waals surface area contributed by atoms with Crippen LogP contribution in [0.1, 0.15) is 15.2 Å². The SMILES string of the molecule is Cc1csc(C(=O)O)c1NC(=O)CN(C)c1ncccn1. The van der Waals surface area contributed by atoms with E-state index < -0.39 is 5.97 Å². The number of hydrogen-bond donors (Lipinski definition) is 2. The van der Waals surface area contributed by atoms with Gasteiger partial charge in [-0.25, -0.2) is 14.8 Å². The number of anilines is 2. The number of aromatic nitrogens is 2. The summed E-state index contributed by atoms with van der Waals surface area (Å²) in [5, 5.41) is 13.4. The second-order valence-electron chi connectivity index (χ2n) is 4.38. The van der Waals surface area contributed by atoms with Crippen molar-refractivity contribution in [3.8, 4) is 0 Å². The highest BCUT2D eigenvalue weighted by molar-refractivity contribution is 7.12. The van der Waals surface area contributed by atoms with Crippen molar-refractivity contribution in [2.24, 2.45) is 0 Å². The van der Waals surface area contributed by atoms with Gasteiger partial charge in [-0.1, -0.05) is 0 Å². The molecule has 7 nitrogen and oxygen atoms in total. The first-order chi connectivity index (χ1) is 9.99. The molecule has 0 aliphatic rings. The number of thiophene rings is 1. The van der Waals surface area contributed by atoms with E-state index in [4.69, 9.17) is 5.11 Å². The lowest BCUT2D eigenvalue weighted by Crippen LogP contribution is -2.31. The van der Waals surface area contributed by atoms with E-state index in [2.05, 4.69) is 15.3 Å². The van der Waals surface area contributed by atoms with Crippen LogP contribution >= 0.6 is 11.3 Å². The van der Waals surface area contributed by atoms with Gasteiger partial charge in [-0.3, -0.25) is 4.79 Å². The predicted molar refractivity (Wildman–Crippen MR) is 79.9 cm³/mol. The van der Waals surface area contributed by atoms with Gasteiger partial charge in [-0.15, -0.1) is 11.3 Å². The Hall–Kier alpha value is -2.48. The van der Waals surface area contributed by atoms with Gasteiger partial charge in [0.1, 0.15) is 4.88 Å². The molecule has 2 N–H and O–H groups in total. The van der Waals surface area contributed by atoms with Crippen LogP contribution in [0.3, 0.4) is 0 Å². The van der Waals surface area contributed by atoms with Crippen LogP contribution in [0, 0.1) is 6.92 Å². The number of aromatic carboxylic acids is 1. The molecule has 0 aromatic carbocycles. The van der Waals surface area contributed by atoms with Gasteiger partial charge in [0.2, 0.25) is 11.9 Å². The molecule has 0 saturated heterocycles. The molecule has 110 valence electrons. The molecular formula is C13H14N4O3S. The minimum Gasteiger partial charge on any atom is -0.477 e. The number of carboxylic acids is 1. The van der Waals surface area contributed by atoms with Crippen LogP contribution in [0.4, 0.5) is 11.6 Å². The van der Waals surface area contributed by atoms with Crippen LogP contribution in [0.25, 0.3) is 0 Å². The predicted octanol–water partition coefficient (Wildman–Crippen LogP) is 1.62. The number of hydrogen-bond acceptors (Lipinski definition) is 6. The molecule has 2 heterocycles. The maximum atomic E-state index is 12.0. The first-order valence-electron chi connectivity index (χ1n) is 6.08. The highest BCUT2D eigenvalue weighted by atomic mass is 32.1. The molecule has 2 aromatic heterocycles. The zero-order valence-corrected chi connectivity index (χ0v) is 12.3. The first kappa shape index (κ1) is 14.9. The van der Waals surface area contributed by atoms with Gasteiger partial charge in [0.25, 0.3) is 0 Å². The summed E-state index contributed by atoms with van der Waals surface area (Å²) >= 11 is 1.09. The van der Waals surface area contributed by atoms with E-state index in [1.807, 2.05) is 0 Å². The molecule has 0 fully saturated rings. The molecule has 0 aliphatic heterocycles.